The molecule has 0 spiro atoms. The first kappa shape index (κ1) is 15.6. The Hall–Kier alpha value is -2.25. The molecule has 0 radical (unpaired) electrons. The molecule has 0 bridgehead atoms. The van der Waals surface area contributed by atoms with Crippen molar-refractivity contribution in [3.63, 3.8) is 0 Å². The monoisotopic (exact) mass is 351 g/mol. The largest absolute Gasteiger partial charge is 0.296 e. The van der Waals surface area contributed by atoms with Crippen molar-refractivity contribution in [3.05, 3.63) is 59.9 Å². The lowest BCUT2D eigenvalue weighted by molar-refractivity contribution is 0.598. The minimum absolute atomic E-state index is 0.0178. The number of hydrogen-bond acceptors (Lipinski definition) is 4. The van der Waals surface area contributed by atoms with Crippen molar-refractivity contribution in [2.45, 2.75) is 5.03 Å². The van der Waals surface area contributed by atoms with Gasteiger partial charge in [-0.15, -0.1) is 0 Å². The van der Waals surface area contributed by atoms with E-state index in [2.05, 4.69) is 9.97 Å². The summed E-state index contributed by atoms with van der Waals surface area (Å²) in [4.78, 5) is 8.00. The molecule has 23 heavy (non-hydrogen) atoms. The molecule has 2 aromatic heterocycles. The highest BCUT2D eigenvalue weighted by atomic mass is 35.5. The van der Waals surface area contributed by atoms with Gasteiger partial charge in [-0.05, 0) is 36.4 Å². The predicted molar refractivity (Wildman–Crippen MR) is 84.9 cm³/mol. The molecule has 0 fully saturated rings. The van der Waals surface area contributed by atoms with Crippen LogP contribution in [-0.2, 0) is 9.84 Å². The van der Waals surface area contributed by atoms with E-state index in [-0.39, 0.29) is 16.0 Å². The molecule has 5 nitrogen and oxygen atoms in total. The van der Waals surface area contributed by atoms with Crippen molar-refractivity contribution in [2.75, 3.05) is 6.26 Å². The van der Waals surface area contributed by atoms with Gasteiger partial charge in [0.1, 0.15) is 12.1 Å². The quantitative estimate of drug-likeness (QED) is 0.727. The normalized spacial score (nSPS) is 11.6. The summed E-state index contributed by atoms with van der Waals surface area (Å²) in [6.07, 6.45) is 4.01. The molecule has 8 heteroatoms. The predicted octanol–water partition coefficient (Wildman–Crippen LogP) is 3.13. The van der Waals surface area contributed by atoms with Crippen molar-refractivity contribution in [1.29, 1.82) is 0 Å². The Morgan fingerprint density at radius 2 is 1.78 bits per heavy atom. The molecule has 2 heterocycles. The van der Waals surface area contributed by atoms with Gasteiger partial charge in [0, 0.05) is 11.8 Å². The number of aromatic nitrogens is 3. The van der Waals surface area contributed by atoms with Crippen molar-refractivity contribution >= 4 is 21.4 Å². The molecular formula is C15H11ClFN3O2S. The first-order chi connectivity index (χ1) is 10.9. The van der Waals surface area contributed by atoms with Crippen LogP contribution in [0.5, 0.6) is 0 Å². The SMILES string of the molecule is CS(=O)(=O)c1ccc(-n2cnc(Cl)c2-c2ccc(F)cc2)cn1. The van der Waals surface area contributed by atoms with Gasteiger partial charge in [-0.1, -0.05) is 11.6 Å². The van der Waals surface area contributed by atoms with Crippen LogP contribution in [0.2, 0.25) is 5.15 Å². The van der Waals surface area contributed by atoms with Crippen LogP contribution in [0, 0.1) is 5.82 Å². The van der Waals surface area contributed by atoms with Crippen LogP contribution in [0.15, 0.2) is 53.9 Å². The van der Waals surface area contributed by atoms with E-state index in [0.29, 0.717) is 16.9 Å². The highest BCUT2D eigenvalue weighted by Gasteiger charge is 2.14. The average molecular weight is 352 g/mol. The van der Waals surface area contributed by atoms with Gasteiger partial charge in [0.15, 0.2) is 20.0 Å². The Morgan fingerprint density at radius 1 is 1.09 bits per heavy atom. The van der Waals surface area contributed by atoms with Crippen LogP contribution in [0.3, 0.4) is 0 Å². The molecule has 118 valence electrons. The van der Waals surface area contributed by atoms with E-state index in [4.69, 9.17) is 11.6 Å². The van der Waals surface area contributed by atoms with Crippen LogP contribution in [-0.4, -0.2) is 29.2 Å². The van der Waals surface area contributed by atoms with Gasteiger partial charge < -0.3 is 0 Å². The second-order valence-corrected chi connectivity index (χ2v) is 7.21. The summed E-state index contributed by atoms with van der Waals surface area (Å²) in [7, 11) is -3.37. The Kier molecular flexibility index (Phi) is 3.91. The smallest absolute Gasteiger partial charge is 0.192 e. The second kappa shape index (κ2) is 5.75. The second-order valence-electron chi connectivity index (χ2n) is 4.89. The molecule has 0 atom stereocenters. The molecule has 0 unspecified atom stereocenters. The van der Waals surface area contributed by atoms with E-state index in [1.807, 2.05) is 0 Å². The summed E-state index contributed by atoms with van der Waals surface area (Å²) in [5, 5.41) is 0.236. The molecule has 0 saturated heterocycles. The fourth-order valence-corrected chi connectivity index (χ4v) is 2.93. The molecule has 3 rings (SSSR count). The maximum absolute atomic E-state index is 13.1. The zero-order valence-corrected chi connectivity index (χ0v) is 13.5. The summed E-state index contributed by atoms with van der Waals surface area (Å²) < 4.78 is 37.7. The van der Waals surface area contributed by atoms with E-state index < -0.39 is 9.84 Å². The van der Waals surface area contributed by atoms with E-state index in [1.54, 1.807) is 22.8 Å². The molecule has 0 aliphatic rings. The number of pyridine rings is 1. The molecule has 0 N–H and O–H groups in total. The van der Waals surface area contributed by atoms with Crippen LogP contribution < -0.4 is 0 Å². The number of nitrogens with zero attached hydrogens (tertiary/aromatic N) is 3. The number of sulfone groups is 1. The van der Waals surface area contributed by atoms with Gasteiger partial charge in [0.05, 0.1) is 17.6 Å². The molecule has 0 aliphatic carbocycles. The van der Waals surface area contributed by atoms with Gasteiger partial charge in [0.25, 0.3) is 0 Å². The van der Waals surface area contributed by atoms with E-state index in [9.17, 15) is 12.8 Å². The molecular weight excluding hydrogens is 341 g/mol. The standard InChI is InChI=1S/C15H11ClFN3O2S/c1-23(21,22)13-7-6-12(8-18-13)20-9-19-15(16)14(20)10-2-4-11(17)5-3-10/h2-9H,1H3. The minimum Gasteiger partial charge on any atom is -0.296 e. The highest BCUT2D eigenvalue weighted by Crippen LogP contribution is 2.29. The molecule has 1 aromatic carbocycles. The number of benzene rings is 1. The maximum Gasteiger partial charge on any atom is 0.192 e. The van der Waals surface area contributed by atoms with Gasteiger partial charge in [-0.25, -0.2) is 22.8 Å². The summed E-state index contributed by atoms with van der Waals surface area (Å²) >= 11 is 6.13. The van der Waals surface area contributed by atoms with Crippen LogP contribution in [0.4, 0.5) is 4.39 Å². The lowest BCUT2D eigenvalue weighted by atomic mass is 10.1. The van der Waals surface area contributed by atoms with Gasteiger partial charge in [0.2, 0.25) is 0 Å². The van der Waals surface area contributed by atoms with Crippen LogP contribution in [0.1, 0.15) is 0 Å². The summed E-state index contributed by atoms with van der Waals surface area (Å²) in [6, 6.07) is 8.85. The maximum atomic E-state index is 13.1. The van der Waals surface area contributed by atoms with Gasteiger partial charge in [-0.3, -0.25) is 4.57 Å². The minimum atomic E-state index is -3.37. The zero-order chi connectivity index (χ0) is 16.6. The molecule has 0 aliphatic heterocycles. The molecule has 0 saturated carbocycles. The molecule has 0 amide bonds. The Morgan fingerprint density at radius 3 is 2.35 bits per heavy atom. The summed E-state index contributed by atoms with van der Waals surface area (Å²) in [5.41, 5.74) is 1.85. The van der Waals surface area contributed by atoms with Crippen LogP contribution >= 0.6 is 11.6 Å². The zero-order valence-electron chi connectivity index (χ0n) is 11.9. The van der Waals surface area contributed by atoms with Crippen molar-refractivity contribution in [2.24, 2.45) is 0 Å². The topological polar surface area (TPSA) is 64.8 Å². The van der Waals surface area contributed by atoms with E-state index >= 15 is 0 Å². The number of rotatable bonds is 3. The Bertz CT molecular complexity index is 951. The highest BCUT2D eigenvalue weighted by molar-refractivity contribution is 7.90. The van der Waals surface area contributed by atoms with E-state index in [0.717, 1.165) is 6.26 Å². The molecule has 3 aromatic rings. The third-order valence-electron chi connectivity index (χ3n) is 3.22. The fraction of sp³-hybridized carbons (Fsp3) is 0.0667. The van der Waals surface area contributed by atoms with Crippen molar-refractivity contribution in [3.8, 4) is 16.9 Å². The summed E-state index contributed by atoms with van der Waals surface area (Å²) in [6.45, 7) is 0. The van der Waals surface area contributed by atoms with Crippen LogP contribution in [0.25, 0.3) is 16.9 Å². The lowest BCUT2D eigenvalue weighted by Gasteiger charge is -2.09. The third kappa shape index (κ3) is 3.11. The van der Waals surface area contributed by atoms with Crippen molar-refractivity contribution in [1.82, 2.24) is 14.5 Å². The fourth-order valence-electron chi connectivity index (χ4n) is 2.12. The third-order valence-corrected chi connectivity index (χ3v) is 4.50. The van der Waals surface area contributed by atoms with E-state index in [1.165, 1.54) is 30.7 Å². The number of hydrogen-bond donors (Lipinski definition) is 0. The van der Waals surface area contributed by atoms with Gasteiger partial charge in [-0.2, -0.15) is 0 Å². The lowest BCUT2D eigenvalue weighted by Crippen LogP contribution is -2.02. The summed E-state index contributed by atoms with van der Waals surface area (Å²) in [5.74, 6) is -0.352. The number of halogens is 2. The Balaban J connectivity index is 2.10. The van der Waals surface area contributed by atoms with Crippen molar-refractivity contribution < 1.29 is 12.8 Å². The Labute approximate surface area is 137 Å². The first-order valence-corrected chi connectivity index (χ1v) is 8.78. The number of imidazole rings is 1. The first-order valence-electron chi connectivity index (χ1n) is 6.51. The average Bonchev–Trinajstić information content (AvgIpc) is 2.89. The van der Waals surface area contributed by atoms with Gasteiger partial charge >= 0.3 is 0 Å².